The summed E-state index contributed by atoms with van der Waals surface area (Å²) in [6, 6.07) is 10.6. The molecular weight excluding hydrogens is 404 g/mol. The van der Waals surface area contributed by atoms with E-state index in [4.69, 9.17) is 23.0 Å². The predicted molar refractivity (Wildman–Crippen MR) is 112 cm³/mol. The highest BCUT2D eigenvalue weighted by Crippen LogP contribution is 2.27. The van der Waals surface area contributed by atoms with Crippen LogP contribution in [0.1, 0.15) is 5.56 Å². The molecule has 0 spiro atoms. The molecule has 0 radical (unpaired) electrons. The fourth-order valence-electron chi connectivity index (χ4n) is 2.97. The van der Waals surface area contributed by atoms with Gasteiger partial charge >= 0.3 is 11.8 Å². The Morgan fingerprint density at radius 1 is 1.03 bits per heavy atom. The Balaban J connectivity index is 1.62. The molecule has 2 heterocycles. The van der Waals surface area contributed by atoms with E-state index in [1.807, 2.05) is 0 Å². The van der Waals surface area contributed by atoms with Gasteiger partial charge in [0.15, 0.2) is 0 Å². The number of fused-ring (bicyclic) bond motifs is 2. The van der Waals surface area contributed by atoms with Crippen molar-refractivity contribution in [2.75, 3.05) is 6.61 Å². The maximum Gasteiger partial charge on any atom is 0.514 e. The monoisotopic (exact) mass is 420 g/mol. The van der Waals surface area contributed by atoms with E-state index in [0.717, 1.165) is 17.2 Å². The lowest BCUT2D eigenvalue weighted by atomic mass is 10.1. The van der Waals surface area contributed by atoms with Gasteiger partial charge in [0.2, 0.25) is 11.2 Å². The van der Waals surface area contributed by atoms with Crippen LogP contribution in [0.4, 0.5) is 4.79 Å². The molecule has 0 fully saturated rings. The van der Waals surface area contributed by atoms with E-state index >= 15 is 0 Å². The number of carbonyl (C=O) groups is 1. The third kappa shape index (κ3) is 4.18. The quantitative estimate of drug-likeness (QED) is 0.198. The van der Waals surface area contributed by atoms with Crippen molar-refractivity contribution >= 4 is 28.1 Å². The molecule has 0 aliphatic carbocycles. The summed E-state index contributed by atoms with van der Waals surface area (Å²) in [4.78, 5) is 35.9. The zero-order valence-corrected chi connectivity index (χ0v) is 16.4. The average molecular weight is 420 g/mol. The molecule has 0 aliphatic heterocycles. The van der Waals surface area contributed by atoms with Crippen LogP contribution in [0.2, 0.25) is 0 Å². The van der Waals surface area contributed by atoms with Crippen molar-refractivity contribution in [1.82, 2.24) is 0 Å². The van der Waals surface area contributed by atoms with Crippen molar-refractivity contribution in [1.29, 1.82) is 0 Å². The van der Waals surface area contributed by atoms with Crippen molar-refractivity contribution < 1.29 is 27.8 Å². The highest BCUT2D eigenvalue weighted by Gasteiger charge is 2.13. The second kappa shape index (κ2) is 8.19. The smallest absolute Gasteiger partial charge is 0.460 e. The first-order valence-electron chi connectivity index (χ1n) is 9.18. The molecule has 0 amide bonds. The Morgan fingerprint density at radius 3 is 2.58 bits per heavy atom. The minimum atomic E-state index is -0.903. The number of aryl methyl sites for hydroxylation is 1. The molecule has 156 valence electrons. The van der Waals surface area contributed by atoms with E-state index in [1.165, 1.54) is 36.4 Å². The molecule has 4 aromatic rings. The fourth-order valence-corrected chi connectivity index (χ4v) is 2.97. The molecule has 0 unspecified atom stereocenters. The van der Waals surface area contributed by atoms with Crippen LogP contribution in [0.25, 0.3) is 21.9 Å². The first-order valence-corrected chi connectivity index (χ1v) is 9.18. The maximum absolute atomic E-state index is 12.8. The number of hydrogen-bond acceptors (Lipinski definition) is 8. The third-order valence-corrected chi connectivity index (χ3v) is 4.39. The molecular formula is C23H16O8. The van der Waals surface area contributed by atoms with Crippen molar-refractivity contribution in [2.24, 2.45) is 0 Å². The van der Waals surface area contributed by atoms with Gasteiger partial charge in [-0.1, -0.05) is 12.7 Å². The number of ether oxygens (including phenoxy) is 3. The molecule has 8 heteroatoms. The van der Waals surface area contributed by atoms with Gasteiger partial charge in [-0.05, 0) is 36.8 Å². The van der Waals surface area contributed by atoms with Gasteiger partial charge in [0.25, 0.3) is 0 Å². The molecule has 31 heavy (non-hydrogen) atoms. The van der Waals surface area contributed by atoms with Crippen molar-refractivity contribution in [3.05, 3.63) is 87.6 Å². The maximum atomic E-state index is 12.8. The van der Waals surface area contributed by atoms with E-state index in [2.05, 4.69) is 6.58 Å². The average Bonchev–Trinajstić information content (AvgIpc) is 2.74. The summed E-state index contributed by atoms with van der Waals surface area (Å²) >= 11 is 0. The summed E-state index contributed by atoms with van der Waals surface area (Å²) < 4.78 is 26.1. The summed E-state index contributed by atoms with van der Waals surface area (Å²) in [5.41, 5.74) is 0.422. The molecule has 0 bridgehead atoms. The van der Waals surface area contributed by atoms with Gasteiger partial charge in [0, 0.05) is 23.6 Å². The second-order valence-electron chi connectivity index (χ2n) is 6.55. The lowest BCUT2D eigenvalue weighted by molar-refractivity contribution is 0.109. The third-order valence-electron chi connectivity index (χ3n) is 4.39. The molecule has 8 nitrogen and oxygen atoms in total. The topological polar surface area (TPSA) is 105 Å². The van der Waals surface area contributed by atoms with Crippen LogP contribution in [0, 0.1) is 6.92 Å². The van der Waals surface area contributed by atoms with Gasteiger partial charge in [-0.2, -0.15) is 0 Å². The Hall–Kier alpha value is -4.33. The lowest BCUT2D eigenvalue weighted by Gasteiger charge is -2.08. The molecule has 0 N–H and O–H groups in total. The van der Waals surface area contributed by atoms with Gasteiger partial charge in [-0.15, -0.1) is 0 Å². The van der Waals surface area contributed by atoms with Crippen LogP contribution in [-0.2, 0) is 4.74 Å². The van der Waals surface area contributed by atoms with Crippen LogP contribution >= 0.6 is 0 Å². The van der Waals surface area contributed by atoms with Crippen LogP contribution in [0.5, 0.6) is 17.2 Å². The van der Waals surface area contributed by atoms with Crippen molar-refractivity contribution in [3.8, 4) is 17.2 Å². The van der Waals surface area contributed by atoms with E-state index < -0.39 is 17.2 Å². The molecule has 0 saturated carbocycles. The first kappa shape index (κ1) is 20.0. The Morgan fingerprint density at radius 2 is 1.77 bits per heavy atom. The van der Waals surface area contributed by atoms with Crippen LogP contribution < -0.4 is 20.5 Å². The summed E-state index contributed by atoms with van der Waals surface area (Å²) in [5, 5.41) is 0.990. The molecule has 2 aromatic carbocycles. The van der Waals surface area contributed by atoms with Gasteiger partial charge in [0.05, 0.1) is 5.39 Å². The molecule has 0 saturated heterocycles. The fraction of sp³-hybridized carbons (Fsp3) is 0.0870. The normalized spacial score (nSPS) is 10.7. The van der Waals surface area contributed by atoms with Gasteiger partial charge in [-0.3, -0.25) is 4.79 Å². The zero-order chi connectivity index (χ0) is 22.0. The summed E-state index contributed by atoms with van der Waals surface area (Å²) in [7, 11) is 0. The SMILES string of the molecule is C=CCOC(=O)Oc1ccc2c(=O)c(Oc3ccc4c(C)cc(=O)oc4c3)coc2c1. The Bertz CT molecular complexity index is 1430. The first-order chi connectivity index (χ1) is 14.9. The van der Waals surface area contributed by atoms with E-state index in [-0.39, 0.29) is 29.1 Å². The highest BCUT2D eigenvalue weighted by molar-refractivity contribution is 5.82. The minimum absolute atomic E-state index is 0.0138. The van der Waals surface area contributed by atoms with Crippen molar-refractivity contribution in [3.63, 3.8) is 0 Å². The number of carbonyl (C=O) groups excluding carboxylic acids is 1. The highest BCUT2D eigenvalue weighted by atomic mass is 16.7. The number of benzene rings is 2. The van der Waals surface area contributed by atoms with Crippen LogP contribution in [0.3, 0.4) is 0 Å². The summed E-state index contributed by atoms with van der Waals surface area (Å²) in [5.74, 6) is 0.400. The molecule has 0 atom stereocenters. The Kier molecular flexibility index (Phi) is 5.28. The number of hydrogen-bond donors (Lipinski definition) is 0. The zero-order valence-electron chi connectivity index (χ0n) is 16.4. The predicted octanol–water partition coefficient (Wildman–Crippen LogP) is 4.70. The van der Waals surface area contributed by atoms with Crippen LogP contribution in [-0.4, -0.2) is 12.8 Å². The standard InChI is InChI=1S/C23H16O8/c1-3-8-27-23(26)30-15-5-7-17-18(10-15)28-12-20(22(17)25)29-14-4-6-16-13(2)9-21(24)31-19(16)11-14/h3-7,9-12H,1,8H2,2H3. The molecule has 0 aliphatic rings. The lowest BCUT2D eigenvalue weighted by Crippen LogP contribution is -2.10. The van der Waals surface area contributed by atoms with Gasteiger partial charge < -0.3 is 23.0 Å². The van der Waals surface area contributed by atoms with Gasteiger partial charge in [0.1, 0.15) is 35.5 Å². The summed E-state index contributed by atoms with van der Waals surface area (Å²) in [6.45, 7) is 5.25. The minimum Gasteiger partial charge on any atom is -0.460 e. The number of rotatable bonds is 5. The van der Waals surface area contributed by atoms with Gasteiger partial charge in [-0.25, -0.2) is 9.59 Å². The summed E-state index contributed by atoms with van der Waals surface area (Å²) in [6.07, 6.45) is 1.66. The Labute approximate surface area is 174 Å². The molecule has 2 aromatic heterocycles. The largest absolute Gasteiger partial charge is 0.514 e. The van der Waals surface area contributed by atoms with Crippen molar-refractivity contribution in [2.45, 2.75) is 6.92 Å². The second-order valence-corrected chi connectivity index (χ2v) is 6.55. The van der Waals surface area contributed by atoms with Crippen LogP contribution in [0.15, 0.2) is 79.8 Å². The molecule has 4 rings (SSSR count). The van der Waals surface area contributed by atoms with E-state index in [1.54, 1.807) is 19.1 Å². The van der Waals surface area contributed by atoms with E-state index in [0.29, 0.717) is 11.3 Å². The van der Waals surface area contributed by atoms with E-state index in [9.17, 15) is 14.4 Å².